The van der Waals surface area contributed by atoms with E-state index in [0.29, 0.717) is 11.1 Å². The van der Waals surface area contributed by atoms with Crippen LogP contribution in [0.15, 0.2) is 12.4 Å². The monoisotopic (exact) mass is 241 g/mol. The van der Waals surface area contributed by atoms with Crippen LogP contribution in [0.1, 0.15) is 32.0 Å². The summed E-state index contributed by atoms with van der Waals surface area (Å²) >= 11 is 1.85. The molecule has 0 fully saturated rings. The van der Waals surface area contributed by atoms with Gasteiger partial charge in [0.05, 0.1) is 13.2 Å². The summed E-state index contributed by atoms with van der Waals surface area (Å²) < 4.78 is 5.14. The third-order valence-electron chi connectivity index (χ3n) is 2.37. The number of aromatic nitrogens is 2. The Balaban J connectivity index is 2.61. The van der Waals surface area contributed by atoms with Crippen LogP contribution in [0.25, 0.3) is 0 Å². The van der Waals surface area contributed by atoms with Gasteiger partial charge in [0.1, 0.15) is 5.69 Å². The SMILES string of the molecule is CCC(C)SCC(N)c1nccnc1OC. The molecule has 2 N–H and O–H groups in total. The van der Waals surface area contributed by atoms with E-state index in [9.17, 15) is 0 Å². The Kier molecular flexibility index (Phi) is 5.55. The Labute approximate surface area is 101 Å². The van der Waals surface area contributed by atoms with Crippen molar-refractivity contribution >= 4 is 11.8 Å². The van der Waals surface area contributed by atoms with Gasteiger partial charge in [-0.05, 0) is 6.42 Å². The zero-order chi connectivity index (χ0) is 12.0. The van der Waals surface area contributed by atoms with Crippen molar-refractivity contribution in [3.63, 3.8) is 0 Å². The summed E-state index contributed by atoms with van der Waals surface area (Å²) in [6.07, 6.45) is 4.40. The van der Waals surface area contributed by atoms with E-state index >= 15 is 0 Å². The fourth-order valence-corrected chi connectivity index (χ4v) is 2.14. The summed E-state index contributed by atoms with van der Waals surface area (Å²) in [5.74, 6) is 1.36. The molecule has 0 bridgehead atoms. The quantitative estimate of drug-likeness (QED) is 0.825. The molecule has 0 amide bonds. The number of nitrogens with zero attached hydrogens (tertiary/aromatic N) is 2. The van der Waals surface area contributed by atoms with Gasteiger partial charge in [-0.2, -0.15) is 11.8 Å². The standard InChI is InChI=1S/C11H19N3OS/c1-4-8(2)16-7-9(12)10-11(15-3)14-6-5-13-10/h5-6,8-9H,4,7,12H2,1-3H3. The highest BCUT2D eigenvalue weighted by molar-refractivity contribution is 7.99. The lowest BCUT2D eigenvalue weighted by atomic mass is 10.2. The number of hydrogen-bond donors (Lipinski definition) is 1. The summed E-state index contributed by atoms with van der Waals surface area (Å²) in [4.78, 5) is 8.32. The molecule has 0 radical (unpaired) electrons. The Morgan fingerprint density at radius 1 is 1.44 bits per heavy atom. The number of nitrogens with two attached hydrogens (primary N) is 1. The van der Waals surface area contributed by atoms with E-state index in [0.717, 1.165) is 17.9 Å². The van der Waals surface area contributed by atoms with Crippen LogP contribution in [0.2, 0.25) is 0 Å². The predicted octanol–water partition coefficient (Wildman–Crippen LogP) is 2.02. The third kappa shape index (κ3) is 3.64. The van der Waals surface area contributed by atoms with Crippen molar-refractivity contribution < 1.29 is 4.74 Å². The number of hydrogen-bond acceptors (Lipinski definition) is 5. The second kappa shape index (κ2) is 6.70. The van der Waals surface area contributed by atoms with Crippen molar-refractivity contribution in [1.29, 1.82) is 0 Å². The highest BCUT2D eigenvalue weighted by Crippen LogP contribution is 2.24. The Hall–Kier alpha value is -0.810. The number of methoxy groups -OCH3 is 1. The van der Waals surface area contributed by atoms with Crippen LogP contribution in [0.5, 0.6) is 5.88 Å². The molecule has 0 aromatic carbocycles. The van der Waals surface area contributed by atoms with E-state index in [1.807, 2.05) is 11.8 Å². The molecule has 0 aliphatic heterocycles. The van der Waals surface area contributed by atoms with Gasteiger partial charge in [-0.25, -0.2) is 4.98 Å². The average molecular weight is 241 g/mol. The van der Waals surface area contributed by atoms with Crippen LogP contribution in [-0.2, 0) is 0 Å². The van der Waals surface area contributed by atoms with Gasteiger partial charge in [0.15, 0.2) is 0 Å². The van der Waals surface area contributed by atoms with Crippen LogP contribution >= 0.6 is 11.8 Å². The topological polar surface area (TPSA) is 61.0 Å². The molecule has 0 saturated carbocycles. The van der Waals surface area contributed by atoms with E-state index in [-0.39, 0.29) is 6.04 Å². The van der Waals surface area contributed by atoms with E-state index in [1.165, 1.54) is 0 Å². The van der Waals surface area contributed by atoms with Crippen LogP contribution < -0.4 is 10.5 Å². The highest BCUT2D eigenvalue weighted by atomic mass is 32.2. The second-order valence-electron chi connectivity index (χ2n) is 3.61. The maximum atomic E-state index is 6.07. The molecule has 1 aromatic rings. The Morgan fingerprint density at radius 3 is 2.75 bits per heavy atom. The molecule has 0 spiro atoms. The van der Waals surface area contributed by atoms with E-state index < -0.39 is 0 Å². The molecule has 90 valence electrons. The maximum Gasteiger partial charge on any atom is 0.237 e. The molecule has 0 saturated heterocycles. The van der Waals surface area contributed by atoms with Crippen LogP contribution in [0.3, 0.4) is 0 Å². The molecule has 16 heavy (non-hydrogen) atoms. The van der Waals surface area contributed by atoms with Gasteiger partial charge in [0.2, 0.25) is 5.88 Å². The fourth-order valence-electron chi connectivity index (χ4n) is 1.21. The van der Waals surface area contributed by atoms with Crippen molar-refractivity contribution in [2.24, 2.45) is 5.73 Å². The largest absolute Gasteiger partial charge is 0.480 e. The molecule has 0 aliphatic rings. The van der Waals surface area contributed by atoms with Crippen molar-refractivity contribution in [2.75, 3.05) is 12.9 Å². The molecule has 2 atom stereocenters. The normalized spacial score (nSPS) is 14.5. The molecule has 2 unspecified atom stereocenters. The van der Waals surface area contributed by atoms with Gasteiger partial charge in [-0.15, -0.1) is 0 Å². The van der Waals surface area contributed by atoms with Gasteiger partial charge in [-0.3, -0.25) is 4.98 Å². The zero-order valence-electron chi connectivity index (χ0n) is 10.0. The smallest absolute Gasteiger partial charge is 0.237 e. The Morgan fingerprint density at radius 2 is 2.12 bits per heavy atom. The lowest BCUT2D eigenvalue weighted by Gasteiger charge is -2.15. The number of thioether (sulfide) groups is 1. The predicted molar refractivity (Wildman–Crippen MR) is 67.7 cm³/mol. The third-order valence-corrected chi connectivity index (χ3v) is 3.82. The highest BCUT2D eigenvalue weighted by Gasteiger charge is 2.15. The lowest BCUT2D eigenvalue weighted by Crippen LogP contribution is -2.17. The molecule has 1 rings (SSSR count). The summed E-state index contributed by atoms with van der Waals surface area (Å²) in [6, 6.07) is -0.123. The summed E-state index contributed by atoms with van der Waals surface area (Å²) in [7, 11) is 1.59. The van der Waals surface area contributed by atoms with E-state index in [1.54, 1.807) is 19.5 Å². The number of rotatable bonds is 6. The maximum absolute atomic E-state index is 6.07. The summed E-state index contributed by atoms with van der Waals surface area (Å²) in [6.45, 7) is 4.37. The van der Waals surface area contributed by atoms with Crippen LogP contribution in [0.4, 0.5) is 0 Å². The van der Waals surface area contributed by atoms with Gasteiger partial charge in [0, 0.05) is 23.4 Å². The average Bonchev–Trinajstić information content (AvgIpc) is 2.35. The van der Waals surface area contributed by atoms with E-state index in [2.05, 4.69) is 23.8 Å². The second-order valence-corrected chi connectivity index (χ2v) is 5.08. The van der Waals surface area contributed by atoms with Gasteiger partial charge in [0.25, 0.3) is 0 Å². The first-order valence-electron chi connectivity index (χ1n) is 5.41. The van der Waals surface area contributed by atoms with Crippen molar-refractivity contribution in [3.05, 3.63) is 18.1 Å². The lowest BCUT2D eigenvalue weighted by molar-refractivity contribution is 0.386. The molecule has 0 aliphatic carbocycles. The minimum Gasteiger partial charge on any atom is -0.480 e. The van der Waals surface area contributed by atoms with Crippen molar-refractivity contribution in [3.8, 4) is 5.88 Å². The minimum absolute atomic E-state index is 0.123. The van der Waals surface area contributed by atoms with Crippen molar-refractivity contribution in [1.82, 2.24) is 9.97 Å². The minimum atomic E-state index is -0.123. The molecule has 4 nitrogen and oxygen atoms in total. The molecule has 1 heterocycles. The fraction of sp³-hybridized carbons (Fsp3) is 0.636. The van der Waals surface area contributed by atoms with Gasteiger partial charge < -0.3 is 10.5 Å². The summed E-state index contributed by atoms with van der Waals surface area (Å²) in [5, 5.41) is 0.619. The van der Waals surface area contributed by atoms with Crippen molar-refractivity contribution in [2.45, 2.75) is 31.6 Å². The van der Waals surface area contributed by atoms with E-state index in [4.69, 9.17) is 10.5 Å². The summed E-state index contributed by atoms with van der Waals surface area (Å²) in [5.41, 5.74) is 6.81. The molecular formula is C11H19N3OS. The van der Waals surface area contributed by atoms with Gasteiger partial charge >= 0.3 is 0 Å². The first-order chi connectivity index (χ1) is 7.69. The zero-order valence-corrected chi connectivity index (χ0v) is 10.8. The first kappa shape index (κ1) is 13.3. The Bertz CT molecular complexity index is 322. The first-order valence-corrected chi connectivity index (χ1v) is 6.46. The number of ether oxygens (including phenoxy) is 1. The molecule has 1 aromatic heterocycles. The van der Waals surface area contributed by atoms with Crippen LogP contribution in [0, 0.1) is 0 Å². The molecular weight excluding hydrogens is 222 g/mol. The molecule has 5 heteroatoms. The van der Waals surface area contributed by atoms with Gasteiger partial charge in [-0.1, -0.05) is 13.8 Å². The van der Waals surface area contributed by atoms with Crippen LogP contribution in [-0.4, -0.2) is 28.1 Å².